The lowest BCUT2D eigenvalue weighted by Gasteiger charge is -2.32. The van der Waals surface area contributed by atoms with E-state index in [4.69, 9.17) is 13.6 Å². The van der Waals surface area contributed by atoms with Crippen LogP contribution in [-0.4, -0.2) is 5.66 Å². The topological polar surface area (TPSA) is 27.7 Å². The first-order valence-electron chi connectivity index (χ1n) is 11.2. The first-order chi connectivity index (χ1) is 15.1. The van der Waals surface area contributed by atoms with Gasteiger partial charge in [0.25, 0.3) is 0 Å². The molecular weight excluding hydrogens is 403 g/mol. The van der Waals surface area contributed by atoms with Crippen LogP contribution in [0.4, 0.5) is 0 Å². The molecule has 0 bridgehead atoms. The second-order valence-corrected chi connectivity index (χ2v) is 10.8. The summed E-state index contributed by atoms with van der Waals surface area (Å²) in [5.41, 5.74) is 3.48. The molecule has 4 rings (SSSR count). The Morgan fingerprint density at radius 2 is 0.903 bits per heavy atom. The highest BCUT2D eigenvalue weighted by Gasteiger charge is 2.58. The molecule has 1 fully saturated rings. The minimum atomic E-state index is -2.82. The molecule has 31 heavy (non-hydrogen) atoms. The number of aryl methyl sites for hydroxylation is 3. The van der Waals surface area contributed by atoms with Crippen LogP contribution in [0, 0.1) is 20.8 Å². The molecule has 162 valence electrons. The van der Waals surface area contributed by atoms with Gasteiger partial charge in [0.05, 0.1) is 0 Å². The molecule has 4 heteroatoms. The minimum Gasteiger partial charge on any atom is -0.271 e. The van der Waals surface area contributed by atoms with Crippen LogP contribution < -0.4 is 13.6 Å². The summed E-state index contributed by atoms with van der Waals surface area (Å²) in [5, 5.41) is 0. The first-order valence-corrected chi connectivity index (χ1v) is 12.8. The molecule has 1 aliphatic rings. The van der Waals surface area contributed by atoms with E-state index in [0.717, 1.165) is 46.8 Å². The van der Waals surface area contributed by atoms with E-state index in [9.17, 15) is 0 Å². The van der Waals surface area contributed by atoms with Crippen molar-refractivity contribution in [3.05, 3.63) is 89.5 Å². The summed E-state index contributed by atoms with van der Waals surface area (Å²) in [4.78, 5) is 0. The van der Waals surface area contributed by atoms with Gasteiger partial charge in [-0.15, -0.1) is 0 Å². The van der Waals surface area contributed by atoms with Crippen LogP contribution in [0.15, 0.2) is 72.8 Å². The van der Waals surface area contributed by atoms with Crippen LogP contribution in [0.1, 0.15) is 48.8 Å². The molecule has 0 aromatic heterocycles. The third-order valence-corrected chi connectivity index (χ3v) is 8.74. The zero-order valence-corrected chi connectivity index (χ0v) is 19.6. The van der Waals surface area contributed by atoms with Crippen molar-refractivity contribution in [3.8, 4) is 17.2 Å². The first kappa shape index (κ1) is 21.7. The van der Waals surface area contributed by atoms with Crippen molar-refractivity contribution in [2.24, 2.45) is 0 Å². The van der Waals surface area contributed by atoms with E-state index in [1.807, 2.05) is 54.6 Å². The van der Waals surface area contributed by atoms with Crippen LogP contribution in [0.2, 0.25) is 0 Å². The van der Waals surface area contributed by atoms with Gasteiger partial charge < -0.3 is 0 Å². The summed E-state index contributed by atoms with van der Waals surface area (Å²) in [6.07, 6.45) is 5.72. The van der Waals surface area contributed by atoms with E-state index in [1.165, 1.54) is 19.3 Å². The van der Waals surface area contributed by atoms with Crippen molar-refractivity contribution in [2.75, 3.05) is 0 Å². The van der Waals surface area contributed by atoms with Gasteiger partial charge in [-0.2, -0.15) is 0 Å². The van der Waals surface area contributed by atoms with E-state index in [1.54, 1.807) is 0 Å². The number of benzene rings is 3. The Bertz CT molecular complexity index is 895. The maximum Gasteiger partial charge on any atom is 0.544 e. The number of para-hydroxylation sites is 3. The van der Waals surface area contributed by atoms with Crippen molar-refractivity contribution in [3.63, 3.8) is 0 Å². The van der Waals surface area contributed by atoms with Crippen LogP contribution in [0.5, 0.6) is 17.2 Å². The molecule has 0 saturated heterocycles. The molecule has 0 heterocycles. The van der Waals surface area contributed by atoms with Crippen LogP contribution >= 0.6 is 7.94 Å². The molecule has 0 aliphatic heterocycles. The van der Waals surface area contributed by atoms with Gasteiger partial charge in [-0.1, -0.05) is 61.0 Å². The Kier molecular flexibility index (Phi) is 6.83. The van der Waals surface area contributed by atoms with E-state index in [0.29, 0.717) is 0 Å². The predicted octanol–water partition coefficient (Wildman–Crippen LogP) is 8.24. The largest absolute Gasteiger partial charge is 0.544 e. The van der Waals surface area contributed by atoms with E-state index in [-0.39, 0.29) is 5.66 Å². The Hall–Kier alpha value is -2.51. The lowest BCUT2D eigenvalue weighted by Crippen LogP contribution is -2.29. The molecule has 0 N–H and O–H groups in total. The SMILES string of the molecule is Cc1ccccc1O[P+](Oc1ccccc1C)(Oc1ccccc1C)C1CCCCC1. The molecule has 0 unspecified atom stereocenters. The van der Waals surface area contributed by atoms with Crippen LogP contribution in [0.3, 0.4) is 0 Å². The molecule has 3 aromatic carbocycles. The van der Waals surface area contributed by atoms with Gasteiger partial charge >= 0.3 is 7.94 Å². The average molecular weight is 436 g/mol. The Balaban J connectivity index is 1.82. The van der Waals surface area contributed by atoms with Crippen molar-refractivity contribution < 1.29 is 13.6 Å². The third kappa shape index (κ3) is 5.05. The number of hydrogen-bond donors (Lipinski definition) is 0. The fourth-order valence-corrected chi connectivity index (χ4v) is 7.06. The molecule has 0 amide bonds. The summed E-state index contributed by atoms with van der Waals surface area (Å²) < 4.78 is 20.6. The Morgan fingerprint density at radius 3 is 1.26 bits per heavy atom. The summed E-state index contributed by atoms with van der Waals surface area (Å²) in [7, 11) is -2.82. The van der Waals surface area contributed by atoms with Gasteiger partial charge in [0.2, 0.25) is 0 Å². The zero-order valence-electron chi connectivity index (χ0n) is 18.7. The monoisotopic (exact) mass is 435 g/mol. The second-order valence-electron chi connectivity index (χ2n) is 8.40. The van der Waals surface area contributed by atoms with Crippen molar-refractivity contribution in [1.29, 1.82) is 0 Å². The highest BCUT2D eigenvalue weighted by molar-refractivity contribution is 7.63. The lowest BCUT2D eigenvalue weighted by atomic mass is 10.0. The summed E-state index contributed by atoms with van der Waals surface area (Å²) >= 11 is 0. The molecule has 1 aliphatic carbocycles. The van der Waals surface area contributed by atoms with Crippen molar-refractivity contribution >= 4 is 7.94 Å². The van der Waals surface area contributed by atoms with E-state index >= 15 is 0 Å². The van der Waals surface area contributed by atoms with Gasteiger partial charge in [-0.05, 0) is 81.3 Å². The van der Waals surface area contributed by atoms with Gasteiger partial charge in [-0.3, -0.25) is 13.6 Å². The van der Waals surface area contributed by atoms with E-state index in [2.05, 4.69) is 39.0 Å². The van der Waals surface area contributed by atoms with Crippen molar-refractivity contribution in [2.45, 2.75) is 58.5 Å². The summed E-state index contributed by atoms with van der Waals surface area (Å²) in [6.45, 7) is 6.23. The fraction of sp³-hybridized carbons (Fsp3) is 0.333. The number of rotatable bonds is 7. The number of hydrogen-bond acceptors (Lipinski definition) is 3. The summed E-state index contributed by atoms with van der Waals surface area (Å²) in [6, 6.07) is 24.4. The maximum atomic E-state index is 6.86. The smallest absolute Gasteiger partial charge is 0.271 e. The van der Waals surface area contributed by atoms with Crippen LogP contribution in [0.25, 0.3) is 0 Å². The predicted molar refractivity (Wildman–Crippen MR) is 129 cm³/mol. The molecule has 0 spiro atoms. The molecule has 3 aromatic rings. The third-order valence-electron chi connectivity index (χ3n) is 5.98. The van der Waals surface area contributed by atoms with Gasteiger partial charge in [-0.25, -0.2) is 0 Å². The van der Waals surface area contributed by atoms with Crippen molar-refractivity contribution in [1.82, 2.24) is 0 Å². The minimum absolute atomic E-state index is 0.222. The Morgan fingerprint density at radius 1 is 0.548 bits per heavy atom. The second kappa shape index (κ2) is 9.75. The van der Waals surface area contributed by atoms with Gasteiger partial charge in [0.1, 0.15) is 0 Å². The lowest BCUT2D eigenvalue weighted by molar-refractivity contribution is 0.317. The molecular formula is C27H32O3P+. The average Bonchev–Trinajstić information content (AvgIpc) is 2.79. The van der Waals surface area contributed by atoms with Gasteiger partial charge in [0.15, 0.2) is 22.9 Å². The fourth-order valence-electron chi connectivity index (χ4n) is 4.06. The highest BCUT2D eigenvalue weighted by atomic mass is 31.2. The normalized spacial score (nSPS) is 14.8. The Labute approximate surface area is 187 Å². The highest BCUT2D eigenvalue weighted by Crippen LogP contribution is 2.67. The molecule has 3 nitrogen and oxygen atoms in total. The zero-order chi connectivity index (χ0) is 21.7. The van der Waals surface area contributed by atoms with Crippen LogP contribution in [-0.2, 0) is 0 Å². The molecule has 0 atom stereocenters. The molecule has 1 saturated carbocycles. The maximum absolute atomic E-state index is 6.86. The van der Waals surface area contributed by atoms with Gasteiger partial charge in [0, 0.05) is 0 Å². The standard InChI is InChI=1S/C27H32O3P/c1-21-13-7-10-18-25(21)28-31(24-16-5-4-6-17-24,29-26-19-11-8-14-22(26)2)30-27-20-12-9-15-23(27)3/h7-15,18-20,24H,4-6,16-17H2,1-3H3/q+1. The molecule has 0 radical (unpaired) electrons. The summed E-state index contributed by atoms with van der Waals surface area (Å²) in [5.74, 6) is 2.51. The quantitative estimate of drug-likeness (QED) is 0.350. The van der Waals surface area contributed by atoms with E-state index < -0.39 is 7.94 Å².